The second-order valence-corrected chi connectivity index (χ2v) is 12.1. The van der Waals surface area contributed by atoms with Crippen LogP contribution < -0.4 is 0 Å². The molecule has 0 spiro atoms. The van der Waals surface area contributed by atoms with Crippen LogP contribution in [0.25, 0.3) is 5.57 Å². The second kappa shape index (κ2) is 12.5. The van der Waals surface area contributed by atoms with Crippen LogP contribution in [0.5, 0.6) is 0 Å². The highest BCUT2D eigenvalue weighted by Gasteiger charge is 2.39. The molecule has 2 heterocycles. The molecule has 4 aliphatic rings. The summed E-state index contributed by atoms with van der Waals surface area (Å²) >= 11 is 13.6. The maximum Gasteiger partial charge on any atom is 0.253 e. The monoisotopic (exact) mass is 561 g/mol. The number of carbonyl (C=O) groups excluding carboxylic acids is 2. The molecule has 2 aliphatic heterocycles. The van der Waals surface area contributed by atoms with Gasteiger partial charge in [0.05, 0.1) is 5.38 Å². The molecular weight excluding hydrogens is 524 g/mol. The van der Waals surface area contributed by atoms with Gasteiger partial charge in [0.15, 0.2) is 0 Å². The zero-order chi connectivity index (χ0) is 26.6. The van der Waals surface area contributed by atoms with Gasteiger partial charge < -0.3 is 9.80 Å². The maximum atomic E-state index is 13.2. The van der Waals surface area contributed by atoms with Crippen molar-refractivity contribution in [2.45, 2.75) is 43.9 Å². The molecule has 2 amide bonds. The molecule has 5 rings (SSSR count). The SMILES string of the molecule is O=C(c1ccc(C2=CC(Cl)C(CN3CCC(C4CCCCC4)C3=O)C(Cl)=C2)cc1)N1CCN(CCF)CC1. The van der Waals surface area contributed by atoms with Gasteiger partial charge in [-0.1, -0.05) is 49.1 Å². The molecule has 3 atom stereocenters. The van der Waals surface area contributed by atoms with Crippen LogP contribution in [0.15, 0.2) is 41.4 Å². The van der Waals surface area contributed by atoms with Gasteiger partial charge in [0.2, 0.25) is 5.91 Å². The van der Waals surface area contributed by atoms with E-state index in [1.165, 1.54) is 32.1 Å². The van der Waals surface area contributed by atoms with Crippen LogP contribution in [0, 0.1) is 17.8 Å². The van der Waals surface area contributed by atoms with Crippen molar-refractivity contribution in [3.63, 3.8) is 0 Å². The van der Waals surface area contributed by atoms with E-state index in [0.717, 1.165) is 24.1 Å². The average molecular weight is 563 g/mol. The molecule has 206 valence electrons. The number of alkyl halides is 2. The fraction of sp³-hybridized carbons (Fsp3) is 0.600. The van der Waals surface area contributed by atoms with E-state index in [2.05, 4.69) is 0 Å². The van der Waals surface area contributed by atoms with E-state index >= 15 is 0 Å². The fourth-order valence-electron chi connectivity index (χ4n) is 6.55. The first-order valence-electron chi connectivity index (χ1n) is 14.1. The number of likely N-dealkylation sites (tertiary alicyclic amines) is 1. The maximum absolute atomic E-state index is 13.2. The summed E-state index contributed by atoms with van der Waals surface area (Å²) in [6, 6.07) is 7.55. The fourth-order valence-corrected chi connectivity index (χ4v) is 7.29. The molecule has 5 nitrogen and oxygen atoms in total. The topological polar surface area (TPSA) is 43.9 Å². The van der Waals surface area contributed by atoms with E-state index in [1.807, 2.05) is 51.1 Å². The van der Waals surface area contributed by atoms with Crippen LogP contribution in [0.2, 0.25) is 0 Å². The van der Waals surface area contributed by atoms with Gasteiger partial charge in [0.25, 0.3) is 5.91 Å². The Bertz CT molecular complexity index is 1060. The predicted molar refractivity (Wildman–Crippen MR) is 151 cm³/mol. The van der Waals surface area contributed by atoms with E-state index in [1.54, 1.807) is 0 Å². The average Bonchev–Trinajstić information content (AvgIpc) is 3.31. The molecule has 8 heteroatoms. The van der Waals surface area contributed by atoms with Crippen LogP contribution >= 0.6 is 23.2 Å². The number of carbonyl (C=O) groups is 2. The number of hydrogen-bond donors (Lipinski definition) is 0. The lowest BCUT2D eigenvalue weighted by Gasteiger charge is -2.34. The van der Waals surface area contributed by atoms with E-state index in [4.69, 9.17) is 23.2 Å². The van der Waals surface area contributed by atoms with Crippen molar-refractivity contribution in [2.24, 2.45) is 17.8 Å². The Balaban J connectivity index is 1.18. The molecular formula is C30H38Cl2FN3O2. The molecule has 1 aromatic rings. The predicted octanol–water partition coefficient (Wildman–Crippen LogP) is 5.59. The highest BCUT2D eigenvalue weighted by molar-refractivity contribution is 6.32. The van der Waals surface area contributed by atoms with Crippen LogP contribution in [-0.2, 0) is 4.79 Å². The largest absolute Gasteiger partial charge is 0.342 e. The van der Waals surface area contributed by atoms with Gasteiger partial charge in [-0.3, -0.25) is 14.5 Å². The highest BCUT2D eigenvalue weighted by Crippen LogP contribution is 2.39. The van der Waals surface area contributed by atoms with Crippen molar-refractivity contribution in [3.05, 3.63) is 52.6 Å². The van der Waals surface area contributed by atoms with Gasteiger partial charge in [-0.25, -0.2) is 4.39 Å². The first-order valence-corrected chi connectivity index (χ1v) is 15.0. The molecule has 2 aliphatic carbocycles. The summed E-state index contributed by atoms with van der Waals surface area (Å²) in [5.74, 6) is 0.872. The third kappa shape index (κ3) is 6.13. The third-order valence-electron chi connectivity index (χ3n) is 8.87. The lowest BCUT2D eigenvalue weighted by Crippen LogP contribution is -2.49. The number of hydrogen-bond acceptors (Lipinski definition) is 3. The normalized spacial score (nSPS) is 27.4. The van der Waals surface area contributed by atoms with Crippen LogP contribution in [0.1, 0.15) is 54.4 Å². The van der Waals surface area contributed by atoms with Gasteiger partial charge in [0, 0.05) is 68.2 Å². The molecule has 0 bridgehead atoms. The molecule has 0 radical (unpaired) electrons. The van der Waals surface area contributed by atoms with Crippen molar-refractivity contribution in [1.82, 2.24) is 14.7 Å². The van der Waals surface area contributed by atoms with Crippen molar-refractivity contribution < 1.29 is 14.0 Å². The zero-order valence-corrected chi connectivity index (χ0v) is 23.5. The van der Waals surface area contributed by atoms with Gasteiger partial charge >= 0.3 is 0 Å². The lowest BCUT2D eigenvalue weighted by atomic mass is 9.79. The molecule has 3 unspecified atom stereocenters. The highest BCUT2D eigenvalue weighted by atomic mass is 35.5. The van der Waals surface area contributed by atoms with Crippen LogP contribution in [-0.4, -0.2) is 84.4 Å². The van der Waals surface area contributed by atoms with Crippen molar-refractivity contribution >= 4 is 40.6 Å². The molecule has 2 saturated heterocycles. The number of nitrogens with zero attached hydrogens (tertiary/aromatic N) is 3. The van der Waals surface area contributed by atoms with E-state index in [0.29, 0.717) is 55.8 Å². The minimum Gasteiger partial charge on any atom is -0.342 e. The Morgan fingerprint density at radius 1 is 0.974 bits per heavy atom. The minimum absolute atomic E-state index is 0.000239. The Morgan fingerprint density at radius 2 is 1.68 bits per heavy atom. The van der Waals surface area contributed by atoms with Crippen molar-refractivity contribution in [3.8, 4) is 0 Å². The van der Waals surface area contributed by atoms with Gasteiger partial charge in [-0.15, -0.1) is 11.6 Å². The third-order valence-corrected chi connectivity index (χ3v) is 9.69. The molecule has 3 fully saturated rings. The van der Waals surface area contributed by atoms with Gasteiger partial charge in [-0.2, -0.15) is 0 Å². The molecule has 1 saturated carbocycles. The summed E-state index contributed by atoms with van der Waals surface area (Å²) in [6.07, 6.45) is 11.1. The number of amides is 2. The number of allylic oxidation sites excluding steroid dienone is 3. The van der Waals surface area contributed by atoms with E-state index in [-0.39, 0.29) is 35.7 Å². The van der Waals surface area contributed by atoms with E-state index in [9.17, 15) is 14.0 Å². The quantitative estimate of drug-likeness (QED) is 0.408. The molecule has 38 heavy (non-hydrogen) atoms. The number of benzene rings is 1. The number of rotatable bonds is 7. The Hall–Kier alpha value is -1.89. The summed E-state index contributed by atoms with van der Waals surface area (Å²) in [6.45, 7) is 4.05. The van der Waals surface area contributed by atoms with Crippen molar-refractivity contribution in [1.29, 1.82) is 0 Å². The first kappa shape index (κ1) is 27.7. The lowest BCUT2D eigenvalue weighted by molar-refractivity contribution is -0.133. The summed E-state index contributed by atoms with van der Waals surface area (Å²) in [5.41, 5.74) is 2.52. The van der Waals surface area contributed by atoms with Crippen molar-refractivity contribution in [2.75, 3.05) is 52.5 Å². The summed E-state index contributed by atoms with van der Waals surface area (Å²) in [7, 11) is 0. The Kier molecular flexibility index (Phi) is 9.12. The first-order chi connectivity index (χ1) is 18.4. The van der Waals surface area contributed by atoms with E-state index < -0.39 is 0 Å². The Morgan fingerprint density at radius 3 is 2.34 bits per heavy atom. The van der Waals surface area contributed by atoms with Gasteiger partial charge in [-0.05, 0) is 54.5 Å². The molecule has 1 aromatic carbocycles. The summed E-state index contributed by atoms with van der Waals surface area (Å²) in [5, 5.41) is 0.355. The standard InChI is InChI=1S/C30H38Cl2FN3O2/c31-27-18-24(21-6-8-23(9-7-21)29(37)35-16-14-34(13-11-33)15-17-35)19-28(32)26(27)20-36-12-10-25(30(36)38)22-4-2-1-3-5-22/h6-9,18-19,22,25-27H,1-5,10-17,20H2. The number of piperazine rings is 1. The second-order valence-electron chi connectivity index (χ2n) is 11.2. The molecule has 0 aromatic heterocycles. The minimum atomic E-state index is -0.356. The smallest absolute Gasteiger partial charge is 0.253 e. The zero-order valence-electron chi connectivity index (χ0n) is 22.0. The van der Waals surface area contributed by atoms with Crippen LogP contribution in [0.3, 0.4) is 0 Å². The number of halogens is 3. The Labute approximate surface area is 235 Å². The van der Waals surface area contributed by atoms with Crippen LogP contribution in [0.4, 0.5) is 4.39 Å². The molecule has 0 N–H and O–H groups in total. The van der Waals surface area contributed by atoms with Gasteiger partial charge in [0.1, 0.15) is 6.67 Å². The summed E-state index contributed by atoms with van der Waals surface area (Å²) in [4.78, 5) is 32.0. The summed E-state index contributed by atoms with van der Waals surface area (Å²) < 4.78 is 12.6.